The summed E-state index contributed by atoms with van der Waals surface area (Å²) in [6, 6.07) is 0. The number of hydrogen-bond acceptors (Lipinski definition) is 1. The van der Waals surface area contributed by atoms with Crippen molar-refractivity contribution in [1.82, 2.24) is 4.90 Å². The first kappa shape index (κ1) is 10.7. The van der Waals surface area contributed by atoms with Gasteiger partial charge in [-0.05, 0) is 19.9 Å². The maximum Gasteiger partial charge on any atom is 0.0189 e. The molecule has 1 heteroatoms. The third-order valence-corrected chi connectivity index (χ3v) is 1.87. The molecule has 0 fully saturated rings. The minimum atomic E-state index is 1.19. The van der Waals surface area contributed by atoms with Crippen LogP contribution < -0.4 is 0 Å². The molecule has 0 radical (unpaired) electrons. The molecular formula is C10H21N. The van der Waals surface area contributed by atoms with E-state index in [0.29, 0.717) is 0 Å². The van der Waals surface area contributed by atoms with Gasteiger partial charge in [-0.25, -0.2) is 0 Å². The molecule has 0 atom stereocenters. The molecule has 0 spiro atoms. The lowest BCUT2D eigenvalue weighted by Gasteiger charge is -2.21. The minimum Gasteiger partial charge on any atom is -0.302 e. The molecule has 0 aromatic heterocycles. The molecule has 66 valence electrons. The molecule has 0 saturated heterocycles. The summed E-state index contributed by atoms with van der Waals surface area (Å²) < 4.78 is 0. The highest BCUT2D eigenvalue weighted by atomic mass is 15.1. The summed E-state index contributed by atoms with van der Waals surface area (Å²) in [7, 11) is 2.18. The van der Waals surface area contributed by atoms with Crippen molar-refractivity contribution in [3.8, 4) is 0 Å². The van der Waals surface area contributed by atoms with Gasteiger partial charge in [0.15, 0.2) is 0 Å². The molecule has 0 aliphatic carbocycles. The van der Waals surface area contributed by atoms with E-state index in [1.54, 1.807) is 5.57 Å². The predicted molar refractivity (Wildman–Crippen MR) is 51.8 cm³/mol. The van der Waals surface area contributed by atoms with Crippen molar-refractivity contribution in [3.05, 3.63) is 11.6 Å². The molecule has 0 aromatic rings. The zero-order chi connectivity index (χ0) is 8.69. The van der Waals surface area contributed by atoms with Gasteiger partial charge in [-0.2, -0.15) is 0 Å². The Kier molecular flexibility index (Phi) is 6.24. The molecule has 1 nitrogen and oxygen atoms in total. The molecule has 1 aliphatic rings. The molecule has 1 heterocycles. The van der Waals surface area contributed by atoms with Gasteiger partial charge in [0.25, 0.3) is 0 Å². The van der Waals surface area contributed by atoms with E-state index < -0.39 is 0 Å². The van der Waals surface area contributed by atoms with Crippen molar-refractivity contribution >= 4 is 0 Å². The van der Waals surface area contributed by atoms with E-state index in [4.69, 9.17) is 0 Å². The molecule has 1 aliphatic heterocycles. The quantitative estimate of drug-likeness (QED) is 0.526. The number of nitrogens with zero attached hydrogens (tertiary/aromatic N) is 1. The normalized spacial score (nSPS) is 18.4. The molecule has 0 N–H and O–H groups in total. The largest absolute Gasteiger partial charge is 0.302 e. The van der Waals surface area contributed by atoms with Crippen molar-refractivity contribution in [2.24, 2.45) is 0 Å². The molecule has 0 aromatic carbocycles. The van der Waals surface area contributed by atoms with Crippen LogP contribution in [0.2, 0.25) is 0 Å². The lowest BCUT2D eigenvalue weighted by Crippen LogP contribution is -2.25. The van der Waals surface area contributed by atoms with Crippen LogP contribution in [0.5, 0.6) is 0 Å². The van der Waals surface area contributed by atoms with Crippen molar-refractivity contribution in [1.29, 1.82) is 0 Å². The van der Waals surface area contributed by atoms with Gasteiger partial charge in [-0.15, -0.1) is 0 Å². The third-order valence-electron chi connectivity index (χ3n) is 1.87. The second-order valence-corrected chi connectivity index (χ2v) is 2.74. The van der Waals surface area contributed by atoms with E-state index in [0.717, 1.165) is 0 Å². The Balaban J connectivity index is 0.000000461. The van der Waals surface area contributed by atoms with Crippen LogP contribution in [0.3, 0.4) is 0 Å². The molecule has 11 heavy (non-hydrogen) atoms. The third kappa shape index (κ3) is 4.20. The Morgan fingerprint density at radius 2 is 2.09 bits per heavy atom. The molecular weight excluding hydrogens is 134 g/mol. The topological polar surface area (TPSA) is 3.24 Å². The first-order valence-electron chi connectivity index (χ1n) is 4.69. The van der Waals surface area contributed by atoms with E-state index in [9.17, 15) is 0 Å². The lowest BCUT2D eigenvalue weighted by atomic mass is 10.1. The summed E-state index contributed by atoms with van der Waals surface area (Å²) in [4.78, 5) is 2.37. The summed E-state index contributed by atoms with van der Waals surface area (Å²) in [5.74, 6) is 0. The van der Waals surface area contributed by atoms with E-state index in [1.807, 2.05) is 13.8 Å². The summed E-state index contributed by atoms with van der Waals surface area (Å²) in [6.45, 7) is 8.66. The van der Waals surface area contributed by atoms with Crippen LogP contribution in [-0.4, -0.2) is 25.0 Å². The van der Waals surface area contributed by atoms with Crippen LogP contribution in [-0.2, 0) is 0 Å². The Hall–Kier alpha value is -0.300. The summed E-state index contributed by atoms with van der Waals surface area (Å²) in [5.41, 5.74) is 1.60. The fourth-order valence-corrected chi connectivity index (χ4v) is 1.24. The maximum atomic E-state index is 2.38. The summed E-state index contributed by atoms with van der Waals surface area (Å²) >= 11 is 0. The SMILES string of the molecule is CC.CCC1=CCCN(C)C1. The smallest absolute Gasteiger partial charge is 0.0189 e. The first-order chi connectivity index (χ1) is 5.33. The van der Waals surface area contributed by atoms with Crippen molar-refractivity contribution in [2.45, 2.75) is 33.6 Å². The average molecular weight is 155 g/mol. The molecule has 0 saturated carbocycles. The number of hydrogen-bond donors (Lipinski definition) is 0. The fraction of sp³-hybridized carbons (Fsp3) is 0.800. The standard InChI is InChI=1S/C8H15N.C2H6/c1-3-8-5-4-6-9(2)7-8;1-2/h5H,3-4,6-7H2,1-2H3;1-2H3. The van der Waals surface area contributed by atoms with Crippen LogP contribution in [0.4, 0.5) is 0 Å². The molecule has 1 rings (SSSR count). The molecule has 0 bridgehead atoms. The second kappa shape index (κ2) is 6.41. The van der Waals surface area contributed by atoms with Crippen molar-refractivity contribution < 1.29 is 0 Å². The average Bonchev–Trinajstić information content (AvgIpc) is 2.08. The Morgan fingerprint density at radius 3 is 2.45 bits per heavy atom. The van der Waals surface area contributed by atoms with E-state index >= 15 is 0 Å². The first-order valence-corrected chi connectivity index (χ1v) is 4.69. The Labute approximate surface area is 71.1 Å². The highest BCUT2D eigenvalue weighted by Crippen LogP contribution is 2.09. The number of rotatable bonds is 1. The lowest BCUT2D eigenvalue weighted by molar-refractivity contribution is 0.351. The Bertz CT molecular complexity index is 116. The van der Waals surface area contributed by atoms with E-state index in [2.05, 4.69) is 24.9 Å². The second-order valence-electron chi connectivity index (χ2n) is 2.74. The van der Waals surface area contributed by atoms with Crippen molar-refractivity contribution in [2.75, 3.05) is 20.1 Å². The molecule has 0 unspecified atom stereocenters. The highest BCUT2D eigenvalue weighted by Gasteiger charge is 2.04. The van der Waals surface area contributed by atoms with E-state index in [1.165, 1.54) is 25.9 Å². The van der Waals surface area contributed by atoms with E-state index in [-0.39, 0.29) is 0 Å². The van der Waals surface area contributed by atoms with Crippen LogP contribution in [0.15, 0.2) is 11.6 Å². The maximum absolute atomic E-state index is 2.38. The van der Waals surface area contributed by atoms with Crippen LogP contribution in [0.25, 0.3) is 0 Å². The monoisotopic (exact) mass is 155 g/mol. The van der Waals surface area contributed by atoms with Gasteiger partial charge in [0, 0.05) is 13.1 Å². The van der Waals surface area contributed by atoms with Gasteiger partial charge in [0.05, 0.1) is 0 Å². The van der Waals surface area contributed by atoms with Gasteiger partial charge in [-0.3, -0.25) is 0 Å². The fourth-order valence-electron chi connectivity index (χ4n) is 1.24. The zero-order valence-electron chi connectivity index (χ0n) is 8.35. The van der Waals surface area contributed by atoms with Crippen molar-refractivity contribution in [3.63, 3.8) is 0 Å². The van der Waals surface area contributed by atoms with Gasteiger partial charge in [0.1, 0.15) is 0 Å². The molecule has 0 amide bonds. The zero-order valence-corrected chi connectivity index (χ0v) is 8.35. The van der Waals surface area contributed by atoms with Crippen LogP contribution in [0, 0.1) is 0 Å². The predicted octanol–water partition coefficient (Wildman–Crippen LogP) is 2.68. The Morgan fingerprint density at radius 1 is 1.45 bits per heavy atom. The summed E-state index contributed by atoms with van der Waals surface area (Å²) in [5, 5.41) is 0. The van der Waals surface area contributed by atoms with Crippen LogP contribution >= 0.6 is 0 Å². The minimum absolute atomic E-state index is 1.19. The van der Waals surface area contributed by atoms with Gasteiger partial charge in [0.2, 0.25) is 0 Å². The van der Waals surface area contributed by atoms with Gasteiger partial charge >= 0.3 is 0 Å². The number of likely N-dealkylation sites (N-methyl/N-ethyl adjacent to an activating group) is 1. The summed E-state index contributed by atoms with van der Waals surface area (Å²) in [6.07, 6.45) is 4.85. The van der Waals surface area contributed by atoms with Crippen LogP contribution in [0.1, 0.15) is 33.6 Å². The van der Waals surface area contributed by atoms with Gasteiger partial charge in [-0.1, -0.05) is 32.4 Å². The van der Waals surface area contributed by atoms with Gasteiger partial charge < -0.3 is 4.90 Å². The highest BCUT2D eigenvalue weighted by molar-refractivity contribution is 5.06.